The number of amides is 3. The van der Waals surface area contributed by atoms with Crippen LogP contribution in [0.2, 0.25) is 0 Å². The van der Waals surface area contributed by atoms with Gasteiger partial charge in [-0.15, -0.1) is 11.3 Å². The normalized spacial score (nSPS) is 13.5. The lowest BCUT2D eigenvalue weighted by atomic mass is 9.97. The van der Waals surface area contributed by atoms with Crippen molar-refractivity contribution in [2.75, 3.05) is 18.4 Å². The first-order chi connectivity index (χ1) is 16.5. The van der Waals surface area contributed by atoms with Gasteiger partial charge in [-0.05, 0) is 35.6 Å². The molecule has 8 heteroatoms. The third-order valence-electron chi connectivity index (χ3n) is 5.95. The molecular weight excluding hydrogens is 446 g/mol. The minimum Gasteiger partial charge on any atom is -0.338 e. The van der Waals surface area contributed by atoms with Crippen LogP contribution in [0.15, 0.2) is 54.7 Å². The molecule has 1 aromatic carbocycles. The zero-order valence-corrected chi connectivity index (χ0v) is 19.9. The summed E-state index contributed by atoms with van der Waals surface area (Å²) in [7, 11) is 0. The zero-order chi connectivity index (χ0) is 23.9. The summed E-state index contributed by atoms with van der Waals surface area (Å²) in [6.45, 7) is 3.49. The number of benzene rings is 1. The minimum absolute atomic E-state index is 0.0756. The summed E-state index contributed by atoms with van der Waals surface area (Å²) in [4.78, 5) is 32.3. The molecule has 0 aliphatic carbocycles. The second-order valence-electron chi connectivity index (χ2n) is 8.36. The molecule has 0 unspecified atom stereocenters. The number of fused-ring (bicyclic) bond motifs is 1. The number of pyridine rings is 1. The van der Waals surface area contributed by atoms with Crippen LogP contribution in [-0.4, -0.2) is 34.9 Å². The maximum absolute atomic E-state index is 12.7. The monoisotopic (exact) mass is 473 g/mol. The number of anilines is 1. The Kier molecular flexibility index (Phi) is 7.55. The molecule has 3 heterocycles. The van der Waals surface area contributed by atoms with Crippen LogP contribution < -0.4 is 10.6 Å². The number of nitrogens with one attached hydrogen (secondary N) is 2. The Morgan fingerprint density at radius 2 is 2.00 bits per heavy atom. The number of hydrogen-bond acceptors (Lipinski definition) is 5. The van der Waals surface area contributed by atoms with E-state index in [1.807, 2.05) is 55.5 Å². The van der Waals surface area contributed by atoms with Crippen molar-refractivity contribution in [2.24, 2.45) is 0 Å². The number of carbonyl (C=O) groups excluding carboxylic acids is 2. The van der Waals surface area contributed by atoms with Crippen LogP contribution in [0.4, 0.5) is 9.80 Å². The first-order valence-corrected chi connectivity index (χ1v) is 12.2. The summed E-state index contributed by atoms with van der Waals surface area (Å²) in [6, 6.07) is 17.8. The van der Waals surface area contributed by atoms with E-state index in [0.717, 1.165) is 21.7 Å². The van der Waals surface area contributed by atoms with Gasteiger partial charge in [0.25, 0.3) is 0 Å². The maximum Gasteiger partial charge on any atom is 0.317 e. The SMILES string of the molecule is C[C@@H](CC(=O)Nc1sc2c(c1C#N)CCN(C(=O)NCCc1ccccn1)C2)c1ccccc1. The molecule has 1 atom stereocenters. The van der Waals surface area contributed by atoms with Gasteiger partial charge in [0.2, 0.25) is 5.91 Å². The third-order valence-corrected chi connectivity index (χ3v) is 7.08. The lowest BCUT2D eigenvalue weighted by molar-refractivity contribution is -0.116. The fourth-order valence-electron chi connectivity index (χ4n) is 4.09. The van der Waals surface area contributed by atoms with Crippen molar-refractivity contribution in [1.82, 2.24) is 15.2 Å². The third kappa shape index (κ3) is 5.61. The molecule has 0 saturated heterocycles. The summed E-state index contributed by atoms with van der Waals surface area (Å²) >= 11 is 1.39. The largest absolute Gasteiger partial charge is 0.338 e. The van der Waals surface area contributed by atoms with Gasteiger partial charge in [-0.2, -0.15) is 5.26 Å². The van der Waals surface area contributed by atoms with E-state index in [9.17, 15) is 14.9 Å². The number of thiophene rings is 1. The maximum atomic E-state index is 12.7. The van der Waals surface area contributed by atoms with Gasteiger partial charge >= 0.3 is 6.03 Å². The fraction of sp³-hybridized carbons (Fsp3) is 0.308. The molecule has 3 aromatic rings. The molecule has 0 bridgehead atoms. The molecule has 4 rings (SSSR count). The number of nitrogens with zero attached hydrogens (tertiary/aromatic N) is 3. The number of carbonyl (C=O) groups is 2. The van der Waals surface area contributed by atoms with Crippen molar-refractivity contribution in [3.8, 4) is 6.07 Å². The van der Waals surface area contributed by atoms with E-state index in [0.29, 0.717) is 49.5 Å². The average molecular weight is 474 g/mol. The standard InChI is InChI=1S/C26H27N5O2S/c1-18(19-7-3-2-4-8-19)15-24(32)30-25-22(16-27)21-11-14-31(17-23(21)34-25)26(33)29-13-10-20-9-5-6-12-28-20/h2-9,12,18H,10-11,13-15,17H2,1H3,(H,29,33)(H,30,32)/t18-/m0/s1. The van der Waals surface area contributed by atoms with Crippen LogP contribution >= 0.6 is 11.3 Å². The molecule has 0 fully saturated rings. The Morgan fingerprint density at radius 1 is 1.21 bits per heavy atom. The Balaban J connectivity index is 1.35. The van der Waals surface area contributed by atoms with Crippen molar-refractivity contribution in [1.29, 1.82) is 5.26 Å². The van der Waals surface area contributed by atoms with Gasteiger partial charge in [0.15, 0.2) is 0 Å². The second-order valence-corrected chi connectivity index (χ2v) is 9.46. The van der Waals surface area contributed by atoms with Crippen LogP contribution in [0.25, 0.3) is 0 Å². The second kappa shape index (κ2) is 10.9. The lowest BCUT2D eigenvalue weighted by Gasteiger charge is -2.27. The number of nitriles is 1. The summed E-state index contributed by atoms with van der Waals surface area (Å²) in [5, 5.41) is 16.2. The molecule has 0 radical (unpaired) electrons. The van der Waals surface area contributed by atoms with E-state index in [4.69, 9.17) is 0 Å². The van der Waals surface area contributed by atoms with Crippen molar-refractivity contribution >= 4 is 28.3 Å². The minimum atomic E-state index is -0.129. The van der Waals surface area contributed by atoms with E-state index >= 15 is 0 Å². The Hall–Kier alpha value is -3.70. The van der Waals surface area contributed by atoms with Gasteiger partial charge < -0.3 is 15.5 Å². The van der Waals surface area contributed by atoms with Gasteiger partial charge in [-0.25, -0.2) is 4.79 Å². The Bertz CT molecular complexity index is 1190. The van der Waals surface area contributed by atoms with E-state index in [2.05, 4.69) is 21.7 Å². The smallest absolute Gasteiger partial charge is 0.317 e. The highest BCUT2D eigenvalue weighted by atomic mass is 32.1. The van der Waals surface area contributed by atoms with Crippen molar-refractivity contribution in [2.45, 2.75) is 38.6 Å². The molecule has 2 aromatic heterocycles. The highest BCUT2D eigenvalue weighted by molar-refractivity contribution is 7.16. The highest BCUT2D eigenvalue weighted by Gasteiger charge is 2.27. The molecule has 7 nitrogen and oxygen atoms in total. The molecule has 1 aliphatic heterocycles. The van der Waals surface area contributed by atoms with E-state index in [1.165, 1.54) is 11.3 Å². The van der Waals surface area contributed by atoms with Gasteiger partial charge in [0.05, 0.1) is 12.1 Å². The predicted molar refractivity (Wildman–Crippen MR) is 133 cm³/mol. The lowest BCUT2D eigenvalue weighted by Crippen LogP contribution is -2.43. The van der Waals surface area contributed by atoms with Gasteiger partial charge in [-0.3, -0.25) is 9.78 Å². The summed E-state index contributed by atoms with van der Waals surface area (Å²) in [6.07, 6.45) is 3.34. The average Bonchev–Trinajstić information content (AvgIpc) is 3.20. The summed E-state index contributed by atoms with van der Waals surface area (Å²) in [5.74, 6) is -0.0397. The van der Waals surface area contributed by atoms with Gasteiger partial charge in [0, 0.05) is 42.7 Å². The molecule has 174 valence electrons. The van der Waals surface area contributed by atoms with Gasteiger partial charge in [-0.1, -0.05) is 43.3 Å². The molecular formula is C26H27N5O2S. The summed E-state index contributed by atoms with van der Waals surface area (Å²) in [5.41, 5.74) is 3.50. The van der Waals surface area contributed by atoms with Gasteiger partial charge in [0.1, 0.15) is 11.1 Å². The first-order valence-electron chi connectivity index (χ1n) is 11.4. The topological polar surface area (TPSA) is 98.1 Å². The van der Waals surface area contributed by atoms with Crippen LogP contribution in [0.3, 0.4) is 0 Å². The molecule has 0 saturated carbocycles. The fourth-order valence-corrected chi connectivity index (χ4v) is 5.32. The molecule has 2 N–H and O–H groups in total. The zero-order valence-electron chi connectivity index (χ0n) is 19.1. The Morgan fingerprint density at radius 3 is 2.74 bits per heavy atom. The van der Waals surface area contributed by atoms with Crippen LogP contribution in [-0.2, 0) is 24.2 Å². The summed E-state index contributed by atoms with van der Waals surface area (Å²) < 4.78 is 0. The predicted octanol–water partition coefficient (Wildman–Crippen LogP) is 4.46. The van der Waals surface area contributed by atoms with Crippen LogP contribution in [0.5, 0.6) is 0 Å². The number of urea groups is 1. The van der Waals surface area contributed by atoms with E-state index in [-0.39, 0.29) is 17.9 Å². The molecule has 34 heavy (non-hydrogen) atoms. The number of hydrogen-bond donors (Lipinski definition) is 2. The van der Waals surface area contributed by atoms with Crippen molar-refractivity contribution in [3.63, 3.8) is 0 Å². The van der Waals surface area contributed by atoms with E-state index < -0.39 is 0 Å². The molecule has 3 amide bonds. The highest BCUT2D eigenvalue weighted by Crippen LogP contribution is 2.37. The molecule has 1 aliphatic rings. The number of aromatic nitrogens is 1. The quantitative estimate of drug-likeness (QED) is 0.529. The van der Waals surface area contributed by atoms with Crippen molar-refractivity contribution < 1.29 is 9.59 Å². The molecule has 0 spiro atoms. The Labute approximate surface area is 203 Å². The van der Waals surface area contributed by atoms with Crippen LogP contribution in [0.1, 0.15) is 46.5 Å². The number of rotatable bonds is 7. The first kappa shape index (κ1) is 23.5. The van der Waals surface area contributed by atoms with Crippen molar-refractivity contribution in [3.05, 3.63) is 82.0 Å². The van der Waals surface area contributed by atoms with Crippen LogP contribution in [0, 0.1) is 11.3 Å². The van der Waals surface area contributed by atoms with E-state index in [1.54, 1.807) is 11.1 Å².